The van der Waals surface area contributed by atoms with Crippen LogP contribution in [0, 0.1) is 0 Å². The number of fused-ring (bicyclic) bond motifs is 1. The molecule has 0 radical (unpaired) electrons. The van der Waals surface area contributed by atoms with Crippen LogP contribution in [0.4, 0.5) is 0 Å². The van der Waals surface area contributed by atoms with Gasteiger partial charge in [0, 0.05) is 24.7 Å². The molecule has 19 heavy (non-hydrogen) atoms. The molecule has 0 saturated carbocycles. The zero-order valence-corrected chi connectivity index (χ0v) is 11.6. The third-order valence-corrected chi connectivity index (χ3v) is 5.10. The van der Waals surface area contributed by atoms with E-state index in [9.17, 15) is 8.42 Å². The van der Waals surface area contributed by atoms with Crippen molar-refractivity contribution in [2.24, 2.45) is 0 Å². The summed E-state index contributed by atoms with van der Waals surface area (Å²) in [5, 5.41) is 9.84. The van der Waals surface area contributed by atoms with E-state index in [2.05, 4.69) is 4.98 Å². The van der Waals surface area contributed by atoms with Crippen molar-refractivity contribution in [3.05, 3.63) is 36.5 Å². The molecular weight excluding hydrogens is 264 g/mol. The molecule has 2 rings (SSSR count). The van der Waals surface area contributed by atoms with Gasteiger partial charge in [-0.3, -0.25) is 4.98 Å². The van der Waals surface area contributed by atoms with Gasteiger partial charge in [-0.25, -0.2) is 8.42 Å². The van der Waals surface area contributed by atoms with E-state index in [0.29, 0.717) is 0 Å². The zero-order chi connectivity index (χ0) is 14.0. The summed E-state index contributed by atoms with van der Waals surface area (Å²) >= 11 is 0. The van der Waals surface area contributed by atoms with Gasteiger partial charge >= 0.3 is 0 Å². The minimum Gasteiger partial charge on any atom is -0.395 e. The van der Waals surface area contributed by atoms with Gasteiger partial charge in [-0.05, 0) is 31.2 Å². The second kappa shape index (κ2) is 5.24. The quantitative estimate of drug-likeness (QED) is 0.914. The van der Waals surface area contributed by atoms with E-state index >= 15 is 0 Å². The average Bonchev–Trinajstić information content (AvgIpc) is 2.45. The number of hydrogen-bond donors (Lipinski definition) is 1. The molecule has 1 aromatic heterocycles. The van der Waals surface area contributed by atoms with E-state index in [1.54, 1.807) is 31.3 Å². The minimum atomic E-state index is -3.60. The Morgan fingerprint density at radius 3 is 2.79 bits per heavy atom. The molecule has 0 saturated heterocycles. The number of aliphatic hydroxyl groups is 1. The van der Waals surface area contributed by atoms with E-state index < -0.39 is 16.1 Å². The molecule has 1 aromatic carbocycles. The van der Waals surface area contributed by atoms with Crippen molar-refractivity contribution in [2.75, 3.05) is 13.7 Å². The average molecular weight is 280 g/mol. The molecule has 0 amide bonds. The Bertz CT molecular complexity index is 685. The number of likely N-dealkylation sites (N-methyl/N-ethyl adjacent to an activating group) is 1. The van der Waals surface area contributed by atoms with Crippen molar-refractivity contribution in [3.8, 4) is 0 Å². The summed E-state index contributed by atoms with van der Waals surface area (Å²) in [6, 6.07) is 7.92. The zero-order valence-electron chi connectivity index (χ0n) is 10.8. The van der Waals surface area contributed by atoms with Crippen molar-refractivity contribution in [2.45, 2.75) is 17.9 Å². The summed E-state index contributed by atoms with van der Waals surface area (Å²) < 4.78 is 25.9. The lowest BCUT2D eigenvalue weighted by Gasteiger charge is -2.22. The number of aromatic nitrogens is 1. The first kappa shape index (κ1) is 13.9. The maximum atomic E-state index is 12.4. The van der Waals surface area contributed by atoms with Gasteiger partial charge in [-0.1, -0.05) is 6.07 Å². The van der Waals surface area contributed by atoms with Crippen molar-refractivity contribution in [1.29, 1.82) is 0 Å². The molecule has 0 aliphatic carbocycles. The highest BCUT2D eigenvalue weighted by molar-refractivity contribution is 7.89. The number of nitrogens with zero attached hydrogens (tertiary/aromatic N) is 2. The molecule has 1 heterocycles. The first-order valence-electron chi connectivity index (χ1n) is 5.90. The van der Waals surface area contributed by atoms with Crippen molar-refractivity contribution >= 4 is 20.9 Å². The molecule has 0 aliphatic rings. The Kier molecular flexibility index (Phi) is 3.84. The standard InChI is InChI=1S/C13H16N2O3S/c1-10(9-16)15(2)19(17,18)12-5-6-13-11(8-12)4-3-7-14-13/h3-8,10,16H,9H2,1-2H3/t10-/m1/s1. The first-order valence-corrected chi connectivity index (χ1v) is 7.34. The summed E-state index contributed by atoms with van der Waals surface area (Å²) in [4.78, 5) is 4.36. The number of sulfonamides is 1. The van der Waals surface area contributed by atoms with Gasteiger partial charge < -0.3 is 5.11 Å². The van der Waals surface area contributed by atoms with E-state index in [0.717, 1.165) is 10.9 Å². The van der Waals surface area contributed by atoms with Gasteiger partial charge in [-0.15, -0.1) is 0 Å². The Morgan fingerprint density at radius 1 is 1.37 bits per heavy atom. The number of rotatable bonds is 4. The fourth-order valence-electron chi connectivity index (χ4n) is 1.73. The van der Waals surface area contributed by atoms with Crippen LogP contribution < -0.4 is 0 Å². The molecule has 102 valence electrons. The third kappa shape index (κ3) is 2.60. The maximum Gasteiger partial charge on any atom is 0.243 e. The van der Waals surface area contributed by atoms with Crippen LogP contribution in [0.15, 0.2) is 41.4 Å². The number of pyridine rings is 1. The Hall–Kier alpha value is -1.50. The predicted octanol–water partition coefficient (Wildman–Crippen LogP) is 1.24. The molecule has 2 aromatic rings. The molecule has 0 spiro atoms. The van der Waals surface area contributed by atoms with Crippen LogP contribution in [0.2, 0.25) is 0 Å². The summed E-state index contributed by atoms with van der Waals surface area (Å²) in [6.07, 6.45) is 1.66. The number of benzene rings is 1. The molecule has 0 fully saturated rings. The van der Waals surface area contributed by atoms with Crippen LogP contribution in [-0.2, 0) is 10.0 Å². The summed E-state index contributed by atoms with van der Waals surface area (Å²) in [5.41, 5.74) is 0.749. The smallest absolute Gasteiger partial charge is 0.243 e. The minimum absolute atomic E-state index is 0.204. The topological polar surface area (TPSA) is 70.5 Å². The van der Waals surface area contributed by atoms with Crippen LogP contribution in [0.3, 0.4) is 0 Å². The Morgan fingerprint density at radius 2 is 2.11 bits per heavy atom. The predicted molar refractivity (Wildman–Crippen MR) is 73.2 cm³/mol. The molecule has 1 atom stereocenters. The van der Waals surface area contributed by atoms with Crippen molar-refractivity contribution in [3.63, 3.8) is 0 Å². The van der Waals surface area contributed by atoms with Crippen molar-refractivity contribution < 1.29 is 13.5 Å². The highest BCUT2D eigenvalue weighted by Gasteiger charge is 2.25. The largest absolute Gasteiger partial charge is 0.395 e. The van der Waals surface area contributed by atoms with Gasteiger partial charge in [0.2, 0.25) is 10.0 Å². The molecule has 0 aliphatic heterocycles. The van der Waals surface area contributed by atoms with Gasteiger partial charge in [0.1, 0.15) is 0 Å². The maximum absolute atomic E-state index is 12.4. The molecule has 5 nitrogen and oxygen atoms in total. The Labute approximate surface area is 112 Å². The van der Waals surface area contributed by atoms with Crippen molar-refractivity contribution in [1.82, 2.24) is 9.29 Å². The lowest BCUT2D eigenvalue weighted by atomic mass is 10.2. The summed E-state index contributed by atoms with van der Waals surface area (Å²) in [7, 11) is -2.13. The summed E-state index contributed by atoms with van der Waals surface area (Å²) in [6.45, 7) is 1.44. The second-order valence-electron chi connectivity index (χ2n) is 4.41. The van der Waals surface area contributed by atoms with E-state index in [4.69, 9.17) is 5.11 Å². The highest BCUT2D eigenvalue weighted by atomic mass is 32.2. The van der Waals surface area contributed by atoms with E-state index in [1.165, 1.54) is 17.4 Å². The molecule has 6 heteroatoms. The molecule has 1 N–H and O–H groups in total. The lowest BCUT2D eigenvalue weighted by molar-refractivity contribution is 0.214. The van der Waals surface area contributed by atoms with Gasteiger partial charge in [0.05, 0.1) is 17.0 Å². The fourth-order valence-corrected chi connectivity index (χ4v) is 3.12. The first-order chi connectivity index (χ1) is 8.96. The van der Waals surface area contributed by atoms with Crippen LogP contribution in [0.25, 0.3) is 10.9 Å². The van der Waals surface area contributed by atoms with Gasteiger partial charge in [-0.2, -0.15) is 4.31 Å². The highest BCUT2D eigenvalue weighted by Crippen LogP contribution is 2.21. The van der Waals surface area contributed by atoms with Crippen LogP contribution in [-0.4, -0.2) is 42.5 Å². The second-order valence-corrected chi connectivity index (χ2v) is 6.41. The monoisotopic (exact) mass is 280 g/mol. The van der Waals surface area contributed by atoms with E-state index in [1.807, 2.05) is 6.07 Å². The fraction of sp³-hybridized carbons (Fsp3) is 0.308. The molecule has 0 unspecified atom stereocenters. The third-order valence-electron chi connectivity index (χ3n) is 3.14. The Balaban J connectivity index is 2.49. The van der Waals surface area contributed by atoms with Crippen LogP contribution in [0.1, 0.15) is 6.92 Å². The SMILES string of the molecule is C[C@H](CO)N(C)S(=O)(=O)c1ccc2ncccc2c1. The van der Waals surface area contributed by atoms with Crippen LogP contribution in [0.5, 0.6) is 0 Å². The normalized spacial score (nSPS) is 13.9. The lowest BCUT2D eigenvalue weighted by Crippen LogP contribution is -2.37. The van der Waals surface area contributed by atoms with E-state index in [-0.39, 0.29) is 11.5 Å². The summed E-state index contributed by atoms with van der Waals surface area (Å²) in [5.74, 6) is 0. The number of hydrogen-bond acceptors (Lipinski definition) is 4. The van der Waals surface area contributed by atoms with Crippen LogP contribution >= 0.6 is 0 Å². The molecule has 0 bridgehead atoms. The van der Waals surface area contributed by atoms with Gasteiger partial charge in [0.25, 0.3) is 0 Å². The number of aliphatic hydroxyl groups excluding tert-OH is 1. The van der Waals surface area contributed by atoms with Gasteiger partial charge in [0.15, 0.2) is 0 Å². The molecular formula is C13H16N2O3S.